The number of hydrogen-bond donors (Lipinski definition) is 0. The second kappa shape index (κ2) is 8.21. The van der Waals surface area contributed by atoms with Gasteiger partial charge in [-0.2, -0.15) is 0 Å². The van der Waals surface area contributed by atoms with Crippen LogP contribution >= 0.6 is 0 Å². The van der Waals surface area contributed by atoms with Gasteiger partial charge in [-0.05, 0) is 56.7 Å². The number of rotatable bonds is 6. The van der Waals surface area contributed by atoms with Crippen LogP contribution in [0.5, 0.6) is 17.2 Å². The molecule has 0 bridgehead atoms. The summed E-state index contributed by atoms with van der Waals surface area (Å²) in [5.74, 6) is 2.35. The van der Waals surface area contributed by atoms with Gasteiger partial charge in [0.05, 0.1) is 25.2 Å². The number of allylic oxidation sites excluding steroid dienone is 1. The number of methoxy groups -OCH3 is 2. The van der Waals surface area contributed by atoms with Gasteiger partial charge < -0.3 is 18.6 Å². The molecule has 146 valence electrons. The van der Waals surface area contributed by atoms with Crippen LogP contribution < -0.4 is 19.6 Å². The summed E-state index contributed by atoms with van der Waals surface area (Å²) in [5.41, 5.74) is 2.81. The van der Waals surface area contributed by atoms with E-state index in [0.29, 0.717) is 46.1 Å². The molecule has 0 N–H and O–H groups in total. The Balaban J connectivity index is 2.06. The van der Waals surface area contributed by atoms with Crippen molar-refractivity contribution >= 4 is 11.0 Å². The van der Waals surface area contributed by atoms with Gasteiger partial charge >= 0.3 is 0 Å². The zero-order valence-electron chi connectivity index (χ0n) is 16.8. The lowest BCUT2D eigenvalue weighted by atomic mass is 10.0. The molecule has 0 saturated heterocycles. The third-order valence-electron chi connectivity index (χ3n) is 4.45. The van der Waals surface area contributed by atoms with Crippen molar-refractivity contribution in [3.05, 3.63) is 64.0 Å². The van der Waals surface area contributed by atoms with Gasteiger partial charge in [-0.15, -0.1) is 0 Å². The molecule has 2 aromatic carbocycles. The molecule has 0 aliphatic rings. The van der Waals surface area contributed by atoms with E-state index >= 15 is 0 Å². The van der Waals surface area contributed by atoms with E-state index in [9.17, 15) is 4.79 Å². The highest BCUT2D eigenvalue weighted by molar-refractivity contribution is 5.84. The van der Waals surface area contributed by atoms with Crippen molar-refractivity contribution in [3.63, 3.8) is 0 Å². The molecule has 1 heterocycles. The molecular formula is C23H24O5. The first-order chi connectivity index (χ1) is 13.4. The first-order valence-electron chi connectivity index (χ1n) is 9.00. The monoisotopic (exact) mass is 380 g/mol. The molecule has 0 unspecified atom stereocenters. The fraction of sp³-hybridized carbons (Fsp3) is 0.261. The van der Waals surface area contributed by atoms with E-state index in [0.717, 1.165) is 5.56 Å². The van der Waals surface area contributed by atoms with Gasteiger partial charge in [0.2, 0.25) is 5.43 Å². The molecule has 0 spiro atoms. The third-order valence-corrected chi connectivity index (χ3v) is 4.45. The van der Waals surface area contributed by atoms with E-state index in [1.807, 2.05) is 26.0 Å². The van der Waals surface area contributed by atoms with Crippen LogP contribution in [-0.2, 0) is 0 Å². The summed E-state index contributed by atoms with van der Waals surface area (Å²) in [6, 6.07) is 10.6. The SMILES string of the molecule is COc1ccc(-c2c(C)oc3cc(OCC=C(C)C)ccc3c2=O)cc1OC. The minimum absolute atomic E-state index is 0.0955. The van der Waals surface area contributed by atoms with Crippen molar-refractivity contribution in [2.75, 3.05) is 20.8 Å². The van der Waals surface area contributed by atoms with Gasteiger partial charge in [0.25, 0.3) is 0 Å². The largest absolute Gasteiger partial charge is 0.493 e. The Kier molecular flexibility index (Phi) is 5.73. The molecule has 1 aromatic heterocycles. The van der Waals surface area contributed by atoms with E-state index in [1.54, 1.807) is 51.5 Å². The normalized spacial score (nSPS) is 10.6. The molecule has 0 radical (unpaired) electrons. The highest BCUT2D eigenvalue weighted by Gasteiger charge is 2.16. The number of benzene rings is 2. The summed E-state index contributed by atoms with van der Waals surface area (Å²) in [4.78, 5) is 13.1. The summed E-state index contributed by atoms with van der Waals surface area (Å²) < 4.78 is 22.3. The molecular weight excluding hydrogens is 356 g/mol. The van der Waals surface area contributed by atoms with Crippen LogP contribution in [0.15, 0.2) is 57.3 Å². The quantitative estimate of drug-likeness (QED) is 0.555. The van der Waals surface area contributed by atoms with Gasteiger partial charge in [0.15, 0.2) is 11.5 Å². The number of hydrogen-bond acceptors (Lipinski definition) is 5. The Hall–Kier alpha value is -3.21. The fourth-order valence-electron chi connectivity index (χ4n) is 3.01. The van der Waals surface area contributed by atoms with Crippen LogP contribution in [0.1, 0.15) is 19.6 Å². The number of aryl methyl sites for hydroxylation is 1. The summed E-state index contributed by atoms with van der Waals surface area (Å²) in [6.07, 6.45) is 1.99. The van der Waals surface area contributed by atoms with Crippen molar-refractivity contribution in [1.29, 1.82) is 0 Å². The molecule has 28 heavy (non-hydrogen) atoms. The first kappa shape index (κ1) is 19.5. The van der Waals surface area contributed by atoms with E-state index in [2.05, 4.69) is 0 Å². The van der Waals surface area contributed by atoms with Crippen molar-refractivity contribution in [3.8, 4) is 28.4 Å². The Morgan fingerprint density at radius 2 is 1.79 bits per heavy atom. The second-order valence-electron chi connectivity index (χ2n) is 6.68. The summed E-state index contributed by atoms with van der Waals surface area (Å²) in [7, 11) is 3.14. The standard InChI is InChI=1S/C23H24O5/c1-14(2)10-11-27-17-7-8-18-20(13-17)28-15(3)22(23(18)24)16-6-9-19(25-4)21(12-16)26-5/h6-10,12-13H,11H2,1-5H3. The first-order valence-corrected chi connectivity index (χ1v) is 9.00. The van der Waals surface area contributed by atoms with Crippen LogP contribution in [0.4, 0.5) is 0 Å². The van der Waals surface area contributed by atoms with Gasteiger partial charge in [-0.25, -0.2) is 0 Å². The van der Waals surface area contributed by atoms with Crippen LogP contribution in [0.3, 0.4) is 0 Å². The predicted molar refractivity (Wildman–Crippen MR) is 111 cm³/mol. The maximum absolute atomic E-state index is 13.1. The molecule has 0 fully saturated rings. The topological polar surface area (TPSA) is 57.9 Å². The van der Waals surface area contributed by atoms with E-state index < -0.39 is 0 Å². The van der Waals surface area contributed by atoms with E-state index in [-0.39, 0.29) is 5.43 Å². The summed E-state index contributed by atoms with van der Waals surface area (Å²) in [5, 5.41) is 0.505. The summed E-state index contributed by atoms with van der Waals surface area (Å²) >= 11 is 0. The molecule has 3 aromatic rings. The Labute approximate surface area is 164 Å². The summed E-state index contributed by atoms with van der Waals surface area (Å²) in [6.45, 7) is 6.29. The van der Waals surface area contributed by atoms with Gasteiger partial charge in [0, 0.05) is 6.07 Å². The second-order valence-corrected chi connectivity index (χ2v) is 6.68. The molecule has 0 saturated carbocycles. The van der Waals surface area contributed by atoms with Crippen LogP contribution in [-0.4, -0.2) is 20.8 Å². The van der Waals surface area contributed by atoms with Crippen LogP contribution in [0, 0.1) is 6.92 Å². The highest BCUT2D eigenvalue weighted by Crippen LogP contribution is 2.33. The average Bonchev–Trinajstić information content (AvgIpc) is 2.67. The molecule has 5 nitrogen and oxygen atoms in total. The Morgan fingerprint density at radius 1 is 1.04 bits per heavy atom. The minimum atomic E-state index is -0.0955. The average molecular weight is 380 g/mol. The van der Waals surface area contributed by atoms with Crippen LogP contribution in [0.2, 0.25) is 0 Å². The smallest absolute Gasteiger partial charge is 0.200 e. The molecule has 3 rings (SSSR count). The lowest BCUT2D eigenvalue weighted by Gasteiger charge is -2.12. The zero-order valence-corrected chi connectivity index (χ0v) is 16.8. The molecule has 0 atom stereocenters. The molecule has 0 aliphatic carbocycles. The Bertz CT molecular complexity index is 1090. The highest BCUT2D eigenvalue weighted by atomic mass is 16.5. The molecule has 0 aliphatic heterocycles. The van der Waals surface area contributed by atoms with E-state index in [4.69, 9.17) is 18.6 Å². The molecule has 5 heteroatoms. The lowest BCUT2D eigenvalue weighted by Crippen LogP contribution is -2.08. The van der Waals surface area contributed by atoms with Crippen molar-refractivity contribution in [2.24, 2.45) is 0 Å². The number of ether oxygens (including phenoxy) is 3. The van der Waals surface area contributed by atoms with E-state index in [1.165, 1.54) is 5.57 Å². The Morgan fingerprint density at radius 3 is 2.46 bits per heavy atom. The van der Waals surface area contributed by atoms with Gasteiger partial charge in [-0.3, -0.25) is 4.79 Å². The predicted octanol–water partition coefficient (Wildman–Crippen LogP) is 5.13. The van der Waals surface area contributed by atoms with Gasteiger partial charge in [-0.1, -0.05) is 11.6 Å². The minimum Gasteiger partial charge on any atom is -0.493 e. The lowest BCUT2D eigenvalue weighted by molar-refractivity contribution is 0.355. The zero-order chi connectivity index (χ0) is 20.3. The van der Waals surface area contributed by atoms with Gasteiger partial charge in [0.1, 0.15) is 23.7 Å². The van der Waals surface area contributed by atoms with Crippen molar-refractivity contribution in [1.82, 2.24) is 0 Å². The van der Waals surface area contributed by atoms with Crippen LogP contribution in [0.25, 0.3) is 22.1 Å². The molecule has 0 amide bonds. The maximum atomic E-state index is 13.1. The fourth-order valence-corrected chi connectivity index (χ4v) is 3.01. The van der Waals surface area contributed by atoms with Crippen molar-refractivity contribution in [2.45, 2.75) is 20.8 Å². The third kappa shape index (κ3) is 3.88. The van der Waals surface area contributed by atoms with Crippen molar-refractivity contribution < 1.29 is 18.6 Å². The number of fused-ring (bicyclic) bond motifs is 1. The maximum Gasteiger partial charge on any atom is 0.200 e.